The minimum atomic E-state index is -1.71. The molecule has 2 aromatic rings. The number of carbonyl (C=O) groups excluding carboxylic acids is 8. The van der Waals surface area contributed by atoms with Crippen LogP contribution in [0.1, 0.15) is 56.7 Å². The Hall–Kier alpha value is -7.64. The van der Waals surface area contributed by atoms with E-state index < -0.39 is 121 Å². The molecule has 0 bridgehead atoms. The van der Waals surface area contributed by atoms with Crippen molar-refractivity contribution in [3.63, 3.8) is 0 Å². The predicted molar refractivity (Wildman–Crippen MR) is 227 cm³/mol. The van der Waals surface area contributed by atoms with Crippen molar-refractivity contribution < 1.29 is 58.2 Å². The van der Waals surface area contributed by atoms with Crippen LogP contribution < -0.4 is 54.8 Å². The number of aliphatic imine (C=N–C) groups is 1. The second kappa shape index (κ2) is 25.5. The number of aliphatic carboxylic acids is 2. The van der Waals surface area contributed by atoms with Crippen LogP contribution in [-0.2, 0) is 60.8 Å². The largest absolute Gasteiger partial charge is 0.481 e. The Balaban J connectivity index is 1.83. The predicted octanol–water partition coefficient (Wildman–Crippen LogP) is -5.44. The van der Waals surface area contributed by atoms with Gasteiger partial charge in [-0.1, -0.05) is 30.3 Å². The van der Waals surface area contributed by atoms with Crippen LogP contribution in [-0.4, -0.2) is 152 Å². The Bertz CT molecular complexity index is 2050. The molecule has 1 aromatic carbocycles. The molecule has 3 rings (SSSR count). The fourth-order valence-corrected chi connectivity index (χ4v) is 6.59. The fourth-order valence-electron chi connectivity index (χ4n) is 6.59. The molecular formula is C39H56N14O12. The molecule has 0 saturated carbocycles. The molecular weight excluding hydrogens is 857 g/mol. The molecule has 7 atom stereocenters. The third kappa shape index (κ3) is 17.6. The molecule has 8 amide bonds. The number of H-pyrrole nitrogens is 1. The van der Waals surface area contributed by atoms with Crippen molar-refractivity contribution in [2.24, 2.45) is 27.9 Å². The second-order valence-electron chi connectivity index (χ2n) is 15.1. The van der Waals surface area contributed by atoms with Crippen LogP contribution in [0.25, 0.3) is 0 Å². The van der Waals surface area contributed by atoms with E-state index in [1.54, 1.807) is 30.3 Å². The van der Waals surface area contributed by atoms with Gasteiger partial charge in [0.25, 0.3) is 0 Å². The van der Waals surface area contributed by atoms with E-state index in [0.717, 1.165) is 4.90 Å². The number of primary amides is 1. The van der Waals surface area contributed by atoms with Crippen LogP contribution in [0.5, 0.6) is 0 Å². The standard InChI is InChI=1S/C39H56N14O12/c1-20(40)32(58)49-26(15-29(41)54)36(62)51-25(14-22-17-44-19-47-22)33(59)46-18-30(55)48-23(9-5-11-45-39(42)43)34(60)50-24(13-21-7-3-2-4-8-21)35(61)52-27(16-31(56)57)37(63)53-12-6-10-28(53)38(64)65/h2-4,7-8,17,19-20,23-28H,5-6,9-16,18,40H2,1H3,(H2,41,54)(H,44,47)(H,46,59)(H,48,55)(H,49,58)(H,50,60)(H,51,62)(H,52,61)(H,56,57)(H,64,65)(H4,42,43,45)/t20-,23-,24-,25-,26-,27-,28-/m0/s1. The lowest BCUT2D eigenvalue weighted by molar-refractivity contribution is -0.150. The van der Waals surface area contributed by atoms with Crippen molar-refractivity contribution in [3.05, 3.63) is 54.1 Å². The topological polar surface area (TPSA) is 432 Å². The van der Waals surface area contributed by atoms with Gasteiger partial charge in [0.2, 0.25) is 47.3 Å². The quantitative estimate of drug-likeness (QED) is 0.0238. The van der Waals surface area contributed by atoms with Crippen LogP contribution in [0.2, 0.25) is 0 Å². The number of aromatic amines is 1. The fraction of sp³-hybridized carbons (Fsp3) is 0.487. The minimum absolute atomic E-state index is 0.00976. The van der Waals surface area contributed by atoms with Crippen molar-refractivity contribution in [3.8, 4) is 0 Å². The summed E-state index contributed by atoms with van der Waals surface area (Å²) in [6.45, 7) is 0.597. The molecule has 1 aromatic heterocycles. The summed E-state index contributed by atoms with van der Waals surface area (Å²) in [5.41, 5.74) is 22.6. The van der Waals surface area contributed by atoms with Gasteiger partial charge in [0.05, 0.1) is 31.8 Å². The summed E-state index contributed by atoms with van der Waals surface area (Å²) in [6, 6.07) is -1.54. The summed E-state index contributed by atoms with van der Waals surface area (Å²) in [5, 5.41) is 33.8. The molecule has 0 radical (unpaired) electrons. The monoisotopic (exact) mass is 912 g/mol. The van der Waals surface area contributed by atoms with Gasteiger partial charge in [-0.3, -0.25) is 48.1 Å². The number of carboxylic acid groups (broad SMARTS) is 2. The number of nitrogens with two attached hydrogens (primary N) is 4. The summed E-state index contributed by atoms with van der Waals surface area (Å²) in [7, 11) is 0. The number of guanidine groups is 1. The Morgan fingerprint density at radius 3 is 2.00 bits per heavy atom. The van der Waals surface area contributed by atoms with Gasteiger partial charge in [-0.2, -0.15) is 0 Å². The van der Waals surface area contributed by atoms with Gasteiger partial charge in [0, 0.05) is 37.8 Å². The minimum Gasteiger partial charge on any atom is -0.481 e. The number of carboxylic acids is 2. The molecule has 0 unspecified atom stereocenters. The maximum Gasteiger partial charge on any atom is 0.326 e. The average molecular weight is 913 g/mol. The number of benzene rings is 1. The third-order valence-corrected chi connectivity index (χ3v) is 9.81. The molecule has 354 valence electrons. The molecule has 26 nitrogen and oxygen atoms in total. The number of aromatic nitrogens is 2. The van der Waals surface area contributed by atoms with E-state index in [9.17, 15) is 58.2 Å². The molecule has 17 N–H and O–H groups in total. The van der Waals surface area contributed by atoms with Crippen molar-refractivity contribution in [2.75, 3.05) is 19.6 Å². The molecule has 1 saturated heterocycles. The van der Waals surface area contributed by atoms with Crippen LogP contribution in [0.3, 0.4) is 0 Å². The highest BCUT2D eigenvalue weighted by Gasteiger charge is 2.39. The summed E-state index contributed by atoms with van der Waals surface area (Å²) in [4.78, 5) is 141. The maximum absolute atomic E-state index is 14.0. The number of hydrogen-bond donors (Lipinski definition) is 13. The zero-order valence-electron chi connectivity index (χ0n) is 35.5. The highest BCUT2D eigenvalue weighted by atomic mass is 16.4. The molecule has 2 heterocycles. The van der Waals surface area contributed by atoms with E-state index in [0.29, 0.717) is 17.7 Å². The smallest absolute Gasteiger partial charge is 0.326 e. The Morgan fingerprint density at radius 1 is 0.800 bits per heavy atom. The number of carbonyl (C=O) groups is 10. The molecule has 26 heteroatoms. The molecule has 1 fully saturated rings. The van der Waals surface area contributed by atoms with Gasteiger partial charge >= 0.3 is 11.9 Å². The SMILES string of the molecule is C[C@H](N)C(=O)N[C@@H](CC(N)=O)C(=O)N[C@@H](Cc1cnc[nH]1)C(=O)NCC(=O)N[C@@H](CCCN=C(N)N)C(=O)N[C@@H](Cc1ccccc1)C(=O)N[C@@H](CC(=O)O)C(=O)N1CCC[C@H]1C(=O)O. The summed E-state index contributed by atoms with van der Waals surface area (Å²) < 4.78 is 0. The van der Waals surface area contributed by atoms with Crippen molar-refractivity contribution in [1.82, 2.24) is 46.8 Å². The number of nitrogens with zero attached hydrogens (tertiary/aromatic N) is 3. The Morgan fingerprint density at radius 2 is 1.42 bits per heavy atom. The first kappa shape index (κ1) is 51.7. The molecule has 65 heavy (non-hydrogen) atoms. The number of amides is 8. The lowest BCUT2D eigenvalue weighted by Gasteiger charge is -2.28. The Kier molecular flexibility index (Phi) is 20.3. The highest BCUT2D eigenvalue weighted by molar-refractivity contribution is 5.98. The lowest BCUT2D eigenvalue weighted by Crippen LogP contribution is -2.59. The summed E-state index contributed by atoms with van der Waals surface area (Å²) in [6.07, 6.45) is 1.18. The van der Waals surface area contributed by atoms with Crippen LogP contribution in [0, 0.1) is 0 Å². The van der Waals surface area contributed by atoms with Crippen LogP contribution >= 0.6 is 0 Å². The number of imidazole rings is 1. The summed E-state index contributed by atoms with van der Waals surface area (Å²) >= 11 is 0. The van der Waals surface area contributed by atoms with Gasteiger partial charge in [0.15, 0.2) is 5.96 Å². The van der Waals surface area contributed by atoms with Crippen molar-refractivity contribution >= 4 is 65.2 Å². The van der Waals surface area contributed by atoms with Crippen LogP contribution in [0.15, 0.2) is 47.8 Å². The van der Waals surface area contributed by atoms with Crippen molar-refractivity contribution in [1.29, 1.82) is 0 Å². The normalized spacial score (nSPS) is 15.9. The number of likely N-dealkylation sites (tertiary alicyclic amines) is 1. The average Bonchev–Trinajstić information content (AvgIpc) is 3.96. The van der Waals surface area contributed by atoms with Crippen LogP contribution in [0.4, 0.5) is 0 Å². The number of nitrogens with one attached hydrogen (secondary N) is 7. The van der Waals surface area contributed by atoms with E-state index in [2.05, 4.69) is 46.9 Å². The zero-order chi connectivity index (χ0) is 48.2. The van der Waals surface area contributed by atoms with E-state index in [4.69, 9.17) is 22.9 Å². The van der Waals surface area contributed by atoms with E-state index in [1.165, 1.54) is 19.4 Å². The first-order valence-corrected chi connectivity index (χ1v) is 20.4. The van der Waals surface area contributed by atoms with Gasteiger partial charge in [-0.05, 0) is 38.2 Å². The third-order valence-electron chi connectivity index (χ3n) is 9.81. The molecule has 1 aliphatic heterocycles. The van der Waals surface area contributed by atoms with Crippen molar-refractivity contribution in [2.45, 2.75) is 101 Å². The second-order valence-corrected chi connectivity index (χ2v) is 15.1. The molecule has 0 spiro atoms. The van der Waals surface area contributed by atoms with E-state index in [1.807, 2.05) is 0 Å². The molecule has 0 aliphatic carbocycles. The van der Waals surface area contributed by atoms with Gasteiger partial charge < -0.3 is 74.9 Å². The first-order valence-electron chi connectivity index (χ1n) is 20.4. The Labute approximate surface area is 371 Å². The van der Waals surface area contributed by atoms with E-state index >= 15 is 0 Å². The summed E-state index contributed by atoms with van der Waals surface area (Å²) in [5.74, 6) is -10.4. The molecule has 1 aliphatic rings. The van der Waals surface area contributed by atoms with Gasteiger partial charge in [-0.15, -0.1) is 0 Å². The van der Waals surface area contributed by atoms with Gasteiger partial charge in [-0.25, -0.2) is 9.78 Å². The van der Waals surface area contributed by atoms with E-state index in [-0.39, 0.29) is 51.2 Å². The number of hydrogen-bond acceptors (Lipinski definition) is 13. The number of rotatable bonds is 26. The first-order chi connectivity index (χ1) is 30.7. The maximum atomic E-state index is 14.0. The zero-order valence-corrected chi connectivity index (χ0v) is 35.5. The highest BCUT2D eigenvalue weighted by Crippen LogP contribution is 2.19. The lowest BCUT2D eigenvalue weighted by atomic mass is 10.0. The van der Waals surface area contributed by atoms with Gasteiger partial charge in [0.1, 0.15) is 36.3 Å².